The summed E-state index contributed by atoms with van der Waals surface area (Å²) in [7, 11) is 0. The Labute approximate surface area is 198 Å². The zero-order valence-electron chi connectivity index (χ0n) is 18.7. The SMILES string of the molecule is Cc1cnc(-c2ncc(F)cn2)c(C(=O)N2C[C@@H]3CC[C@H]2[C@H](Oc2ccc(C(F)(F)F)cn2)C3)c1. The largest absolute Gasteiger partial charge is 0.472 e. The van der Waals surface area contributed by atoms with Crippen molar-refractivity contribution in [3.8, 4) is 17.4 Å². The third kappa shape index (κ3) is 4.67. The third-order valence-corrected chi connectivity index (χ3v) is 6.40. The molecule has 2 saturated heterocycles. The molecule has 35 heavy (non-hydrogen) atoms. The number of aryl methyl sites for hydroxylation is 1. The van der Waals surface area contributed by atoms with E-state index in [9.17, 15) is 22.4 Å². The smallest absolute Gasteiger partial charge is 0.417 e. The van der Waals surface area contributed by atoms with Gasteiger partial charge in [0.2, 0.25) is 5.88 Å². The summed E-state index contributed by atoms with van der Waals surface area (Å²) in [6, 6.07) is 3.55. The Hall–Kier alpha value is -3.63. The number of carbonyl (C=O) groups is 1. The van der Waals surface area contributed by atoms with Gasteiger partial charge in [-0.2, -0.15) is 13.2 Å². The molecule has 3 aliphatic rings. The van der Waals surface area contributed by atoms with Crippen LogP contribution in [-0.2, 0) is 6.18 Å². The number of nitrogens with zero attached hydrogens (tertiary/aromatic N) is 5. The van der Waals surface area contributed by atoms with Crippen LogP contribution in [0.4, 0.5) is 17.6 Å². The summed E-state index contributed by atoms with van der Waals surface area (Å²) in [5.41, 5.74) is 0.469. The lowest BCUT2D eigenvalue weighted by Gasteiger charge is -2.49. The van der Waals surface area contributed by atoms with Crippen LogP contribution in [-0.4, -0.2) is 49.4 Å². The molecule has 0 unspecified atom stereocenters. The van der Waals surface area contributed by atoms with Crippen molar-refractivity contribution in [3.63, 3.8) is 0 Å². The first-order valence-electron chi connectivity index (χ1n) is 11.1. The van der Waals surface area contributed by atoms with Crippen molar-refractivity contribution >= 4 is 5.91 Å². The van der Waals surface area contributed by atoms with Gasteiger partial charge < -0.3 is 9.64 Å². The van der Waals surface area contributed by atoms with E-state index in [0.29, 0.717) is 24.9 Å². The first-order chi connectivity index (χ1) is 16.7. The topological polar surface area (TPSA) is 81.1 Å². The third-order valence-electron chi connectivity index (χ3n) is 6.40. The van der Waals surface area contributed by atoms with Gasteiger partial charge in [-0.1, -0.05) is 0 Å². The van der Waals surface area contributed by atoms with Crippen LogP contribution >= 0.6 is 0 Å². The number of fused-ring (bicyclic) bond motifs is 3. The van der Waals surface area contributed by atoms with Crippen molar-refractivity contribution in [2.24, 2.45) is 5.92 Å². The van der Waals surface area contributed by atoms with Crippen LogP contribution in [0.1, 0.15) is 40.7 Å². The van der Waals surface area contributed by atoms with Crippen molar-refractivity contribution in [2.45, 2.75) is 44.5 Å². The second kappa shape index (κ2) is 8.86. The maximum atomic E-state index is 13.7. The van der Waals surface area contributed by atoms with Gasteiger partial charge in [0.25, 0.3) is 5.91 Å². The number of hydrogen-bond donors (Lipinski definition) is 0. The molecule has 5 heterocycles. The molecule has 3 aromatic rings. The second-order valence-corrected chi connectivity index (χ2v) is 8.88. The van der Waals surface area contributed by atoms with Crippen molar-refractivity contribution in [1.82, 2.24) is 24.8 Å². The molecule has 6 rings (SSSR count). The normalized spacial score (nSPS) is 21.7. The number of ether oxygens (including phenoxy) is 1. The van der Waals surface area contributed by atoms with Gasteiger partial charge in [-0.3, -0.25) is 9.78 Å². The summed E-state index contributed by atoms with van der Waals surface area (Å²) in [6.45, 7) is 2.34. The van der Waals surface area contributed by atoms with Crippen LogP contribution in [0.5, 0.6) is 5.88 Å². The minimum atomic E-state index is -4.48. The van der Waals surface area contributed by atoms with Crippen LogP contribution in [0, 0.1) is 18.7 Å². The lowest BCUT2D eigenvalue weighted by Crippen LogP contribution is -2.59. The molecule has 3 atom stereocenters. The molecule has 11 heteroatoms. The molecule has 0 aromatic carbocycles. The fraction of sp³-hybridized carbons (Fsp3) is 0.375. The van der Waals surface area contributed by atoms with Gasteiger partial charge in [-0.05, 0) is 49.8 Å². The molecule has 2 bridgehead atoms. The summed E-state index contributed by atoms with van der Waals surface area (Å²) >= 11 is 0. The predicted octanol–water partition coefficient (Wildman–Crippen LogP) is 4.47. The Kier molecular flexibility index (Phi) is 5.86. The van der Waals surface area contributed by atoms with Gasteiger partial charge in [0.05, 0.1) is 29.6 Å². The lowest BCUT2D eigenvalue weighted by molar-refractivity contribution is -0.137. The number of carbonyl (C=O) groups excluding carboxylic acids is 1. The number of hydrogen-bond acceptors (Lipinski definition) is 6. The van der Waals surface area contributed by atoms with E-state index in [1.54, 1.807) is 17.2 Å². The average Bonchev–Trinajstić information content (AvgIpc) is 2.84. The van der Waals surface area contributed by atoms with Gasteiger partial charge in [0.1, 0.15) is 11.8 Å². The highest BCUT2D eigenvalue weighted by Crippen LogP contribution is 2.39. The molecule has 0 N–H and O–H groups in total. The Bertz CT molecular complexity index is 1230. The fourth-order valence-corrected chi connectivity index (χ4v) is 4.76. The van der Waals surface area contributed by atoms with E-state index in [1.165, 1.54) is 6.07 Å². The zero-order chi connectivity index (χ0) is 24.7. The van der Waals surface area contributed by atoms with Gasteiger partial charge >= 0.3 is 6.18 Å². The van der Waals surface area contributed by atoms with Crippen LogP contribution in [0.2, 0.25) is 0 Å². The Morgan fingerprint density at radius 1 is 1.06 bits per heavy atom. The van der Waals surface area contributed by atoms with E-state index < -0.39 is 23.7 Å². The van der Waals surface area contributed by atoms with Gasteiger partial charge in [0, 0.05) is 25.0 Å². The first kappa shape index (κ1) is 23.1. The standard InChI is InChI=1S/C24H21F4N5O2/c1-13-6-17(21(30-8-13)22-31-10-16(25)11-32-22)23(34)33-12-14-2-4-18(33)19(7-14)35-20-5-3-15(9-29-20)24(26,27)28/h3,5-6,8-11,14,18-19H,2,4,7,12H2,1H3/t14-,18+,19-/m1/s1. The summed E-state index contributed by atoms with van der Waals surface area (Å²) in [4.78, 5) is 31.6. The molecule has 1 aliphatic carbocycles. The molecular formula is C24H21F4N5O2. The predicted molar refractivity (Wildman–Crippen MR) is 116 cm³/mol. The minimum Gasteiger partial charge on any atom is -0.472 e. The van der Waals surface area contributed by atoms with Crippen LogP contribution in [0.3, 0.4) is 0 Å². The van der Waals surface area contributed by atoms with E-state index in [-0.39, 0.29) is 35.3 Å². The fourth-order valence-electron chi connectivity index (χ4n) is 4.76. The highest BCUT2D eigenvalue weighted by molar-refractivity contribution is 5.99. The van der Waals surface area contributed by atoms with Gasteiger partial charge in [0.15, 0.2) is 11.6 Å². The summed E-state index contributed by atoms with van der Waals surface area (Å²) in [5, 5.41) is 0. The van der Waals surface area contributed by atoms with E-state index in [1.807, 2.05) is 6.92 Å². The summed E-state index contributed by atoms with van der Waals surface area (Å²) < 4.78 is 57.8. The van der Waals surface area contributed by atoms with Crippen LogP contribution in [0.25, 0.3) is 11.5 Å². The molecular weight excluding hydrogens is 466 g/mol. The summed E-state index contributed by atoms with van der Waals surface area (Å²) in [5.74, 6) is -0.461. The number of alkyl halides is 3. The minimum absolute atomic E-state index is 0.0839. The molecule has 0 spiro atoms. The van der Waals surface area contributed by atoms with Gasteiger partial charge in [-0.25, -0.2) is 19.3 Å². The monoisotopic (exact) mass is 487 g/mol. The maximum Gasteiger partial charge on any atom is 0.417 e. The molecule has 3 aromatic heterocycles. The van der Waals surface area contributed by atoms with E-state index in [2.05, 4.69) is 19.9 Å². The van der Waals surface area contributed by atoms with Crippen molar-refractivity contribution < 1.29 is 27.1 Å². The number of aromatic nitrogens is 4. The van der Waals surface area contributed by atoms with E-state index in [4.69, 9.17) is 4.74 Å². The van der Waals surface area contributed by atoms with Crippen molar-refractivity contribution in [3.05, 3.63) is 65.5 Å². The molecule has 1 amide bonds. The molecule has 3 fully saturated rings. The van der Waals surface area contributed by atoms with Crippen LogP contribution < -0.4 is 4.74 Å². The Morgan fingerprint density at radius 3 is 2.49 bits per heavy atom. The number of rotatable bonds is 4. The average molecular weight is 487 g/mol. The van der Waals surface area contributed by atoms with Gasteiger partial charge in [-0.15, -0.1) is 0 Å². The quantitative estimate of drug-likeness (QED) is 0.505. The molecule has 2 aliphatic heterocycles. The van der Waals surface area contributed by atoms with E-state index in [0.717, 1.165) is 36.6 Å². The highest BCUT2D eigenvalue weighted by atomic mass is 19.4. The number of piperidine rings is 2. The number of pyridine rings is 2. The van der Waals surface area contributed by atoms with E-state index >= 15 is 0 Å². The zero-order valence-corrected chi connectivity index (χ0v) is 18.7. The Balaban J connectivity index is 1.40. The highest BCUT2D eigenvalue weighted by Gasteiger charge is 2.45. The van der Waals surface area contributed by atoms with Crippen molar-refractivity contribution in [1.29, 1.82) is 0 Å². The second-order valence-electron chi connectivity index (χ2n) is 8.88. The molecule has 182 valence electrons. The van der Waals surface area contributed by atoms with Crippen LogP contribution in [0.15, 0.2) is 43.0 Å². The first-order valence-corrected chi connectivity index (χ1v) is 11.1. The Morgan fingerprint density at radius 2 is 1.83 bits per heavy atom. The number of amides is 1. The lowest BCUT2D eigenvalue weighted by atomic mass is 9.77. The van der Waals surface area contributed by atoms with Crippen molar-refractivity contribution in [2.75, 3.05) is 6.54 Å². The molecule has 1 saturated carbocycles. The maximum absolute atomic E-state index is 13.7. The molecule has 0 radical (unpaired) electrons. The molecule has 7 nitrogen and oxygen atoms in total. The number of halogens is 4. The summed E-state index contributed by atoms with van der Waals surface area (Å²) in [6.07, 6.45) is 1.78.